The standard InChI is InChI=1S/C16H35N5O/c1-17-16(18-8-12-20(2)9-5-13-22-4)19-14-15-6-10-21(3)11-7-15/h15H,5-14H2,1-4H3,(H2,17,18,19). The second-order valence-electron chi connectivity index (χ2n) is 6.28. The van der Waals surface area contributed by atoms with Crippen LogP contribution < -0.4 is 10.6 Å². The van der Waals surface area contributed by atoms with Crippen LogP contribution in [0.5, 0.6) is 0 Å². The number of hydrogen-bond donors (Lipinski definition) is 2. The van der Waals surface area contributed by atoms with Gasteiger partial charge >= 0.3 is 0 Å². The van der Waals surface area contributed by atoms with E-state index in [0.717, 1.165) is 51.1 Å². The maximum absolute atomic E-state index is 5.07. The first-order valence-corrected chi connectivity index (χ1v) is 8.46. The molecule has 6 nitrogen and oxygen atoms in total. The van der Waals surface area contributed by atoms with E-state index in [0.29, 0.717) is 0 Å². The van der Waals surface area contributed by atoms with E-state index in [2.05, 4.69) is 39.5 Å². The lowest BCUT2D eigenvalue weighted by Crippen LogP contribution is -2.44. The Morgan fingerprint density at radius 1 is 1.27 bits per heavy atom. The van der Waals surface area contributed by atoms with Gasteiger partial charge in [-0.25, -0.2) is 0 Å². The minimum absolute atomic E-state index is 0.770. The van der Waals surface area contributed by atoms with E-state index in [4.69, 9.17) is 4.74 Å². The Bertz CT molecular complexity index is 303. The fraction of sp³-hybridized carbons (Fsp3) is 0.938. The SMILES string of the molecule is CN=C(NCCN(C)CCCOC)NCC1CCN(C)CC1. The lowest BCUT2D eigenvalue weighted by Gasteiger charge is -2.29. The third-order valence-electron chi connectivity index (χ3n) is 4.29. The van der Waals surface area contributed by atoms with Gasteiger partial charge in [-0.15, -0.1) is 0 Å². The molecule has 1 heterocycles. The number of aliphatic imine (C=N–C) groups is 1. The first-order valence-electron chi connectivity index (χ1n) is 8.46. The molecule has 130 valence electrons. The molecule has 0 aromatic rings. The van der Waals surface area contributed by atoms with Crippen LogP contribution in [0.15, 0.2) is 4.99 Å². The molecule has 0 radical (unpaired) electrons. The summed E-state index contributed by atoms with van der Waals surface area (Å²) < 4.78 is 5.07. The molecule has 1 saturated heterocycles. The molecular weight excluding hydrogens is 278 g/mol. The van der Waals surface area contributed by atoms with E-state index in [1.165, 1.54) is 25.9 Å². The molecule has 0 spiro atoms. The van der Waals surface area contributed by atoms with Gasteiger partial charge in [0.05, 0.1) is 0 Å². The summed E-state index contributed by atoms with van der Waals surface area (Å²) in [6, 6.07) is 0. The van der Waals surface area contributed by atoms with Crippen LogP contribution in [0, 0.1) is 5.92 Å². The van der Waals surface area contributed by atoms with Crippen LogP contribution in [0.25, 0.3) is 0 Å². The summed E-state index contributed by atoms with van der Waals surface area (Å²) in [7, 11) is 7.94. The van der Waals surface area contributed by atoms with Gasteiger partial charge in [-0.05, 0) is 52.4 Å². The molecule has 0 bridgehead atoms. The van der Waals surface area contributed by atoms with E-state index in [1.807, 2.05) is 7.05 Å². The van der Waals surface area contributed by atoms with Gasteiger partial charge < -0.3 is 25.2 Å². The number of rotatable bonds is 9. The monoisotopic (exact) mass is 313 g/mol. The summed E-state index contributed by atoms with van der Waals surface area (Å²) in [4.78, 5) is 9.03. The Morgan fingerprint density at radius 2 is 2.00 bits per heavy atom. The Hall–Kier alpha value is -0.850. The van der Waals surface area contributed by atoms with Crippen molar-refractivity contribution in [3.05, 3.63) is 0 Å². The van der Waals surface area contributed by atoms with E-state index >= 15 is 0 Å². The zero-order chi connectivity index (χ0) is 16.2. The van der Waals surface area contributed by atoms with Crippen LogP contribution >= 0.6 is 0 Å². The van der Waals surface area contributed by atoms with Gasteiger partial charge in [0.1, 0.15) is 0 Å². The maximum Gasteiger partial charge on any atom is 0.191 e. The highest BCUT2D eigenvalue weighted by Gasteiger charge is 2.16. The molecule has 1 fully saturated rings. The number of guanidine groups is 1. The van der Waals surface area contributed by atoms with Crippen LogP contribution in [0.4, 0.5) is 0 Å². The summed E-state index contributed by atoms with van der Waals surface area (Å²) in [5.74, 6) is 1.69. The molecule has 1 rings (SSSR count). The van der Waals surface area contributed by atoms with Crippen LogP contribution in [0.3, 0.4) is 0 Å². The summed E-state index contributed by atoms with van der Waals surface area (Å²) >= 11 is 0. The van der Waals surface area contributed by atoms with Gasteiger partial charge in [0.15, 0.2) is 5.96 Å². The van der Waals surface area contributed by atoms with Crippen molar-refractivity contribution in [2.75, 3.05) is 74.1 Å². The molecule has 0 aromatic carbocycles. The van der Waals surface area contributed by atoms with E-state index in [-0.39, 0.29) is 0 Å². The summed E-state index contributed by atoms with van der Waals surface area (Å²) in [6.07, 6.45) is 3.64. The summed E-state index contributed by atoms with van der Waals surface area (Å²) in [5, 5.41) is 6.86. The molecule has 0 saturated carbocycles. The highest BCUT2D eigenvalue weighted by atomic mass is 16.5. The number of methoxy groups -OCH3 is 1. The largest absolute Gasteiger partial charge is 0.385 e. The van der Waals surface area contributed by atoms with Gasteiger partial charge in [0, 0.05) is 46.9 Å². The number of likely N-dealkylation sites (N-methyl/N-ethyl adjacent to an activating group) is 1. The molecule has 0 atom stereocenters. The fourth-order valence-electron chi connectivity index (χ4n) is 2.68. The molecule has 0 amide bonds. The Kier molecular flexibility index (Phi) is 10.2. The number of nitrogens with one attached hydrogen (secondary N) is 2. The van der Waals surface area contributed by atoms with Crippen molar-refractivity contribution in [2.24, 2.45) is 10.9 Å². The van der Waals surface area contributed by atoms with Crippen molar-refractivity contribution in [1.82, 2.24) is 20.4 Å². The third kappa shape index (κ3) is 8.56. The van der Waals surface area contributed by atoms with E-state index in [9.17, 15) is 0 Å². The highest BCUT2D eigenvalue weighted by Crippen LogP contribution is 2.14. The lowest BCUT2D eigenvalue weighted by atomic mass is 9.97. The molecule has 1 aliphatic heterocycles. The van der Waals surface area contributed by atoms with Crippen molar-refractivity contribution in [2.45, 2.75) is 19.3 Å². The average molecular weight is 313 g/mol. The number of hydrogen-bond acceptors (Lipinski definition) is 4. The first kappa shape index (κ1) is 19.2. The smallest absolute Gasteiger partial charge is 0.191 e. The molecular formula is C16H35N5O. The topological polar surface area (TPSA) is 52.1 Å². The first-order chi connectivity index (χ1) is 10.7. The molecule has 22 heavy (non-hydrogen) atoms. The molecule has 2 N–H and O–H groups in total. The molecule has 0 aliphatic carbocycles. The lowest BCUT2D eigenvalue weighted by molar-refractivity contribution is 0.180. The van der Waals surface area contributed by atoms with Gasteiger partial charge in [0.2, 0.25) is 0 Å². The maximum atomic E-state index is 5.07. The second kappa shape index (κ2) is 11.7. The van der Waals surface area contributed by atoms with E-state index in [1.54, 1.807) is 7.11 Å². The van der Waals surface area contributed by atoms with Crippen molar-refractivity contribution in [1.29, 1.82) is 0 Å². The van der Waals surface area contributed by atoms with Crippen LogP contribution in [-0.4, -0.2) is 89.9 Å². The molecule has 6 heteroatoms. The van der Waals surface area contributed by atoms with Crippen molar-refractivity contribution >= 4 is 5.96 Å². The van der Waals surface area contributed by atoms with Gasteiger partial charge in [-0.1, -0.05) is 0 Å². The van der Waals surface area contributed by atoms with E-state index < -0.39 is 0 Å². The predicted octanol–water partition coefficient (Wildman–Crippen LogP) is 0.462. The Labute approximate surface area is 136 Å². The quantitative estimate of drug-likeness (QED) is 0.368. The number of nitrogens with zero attached hydrogens (tertiary/aromatic N) is 3. The normalized spacial score (nSPS) is 18.0. The number of piperidine rings is 1. The Balaban J connectivity index is 2.09. The summed E-state index contributed by atoms with van der Waals surface area (Å²) in [6.45, 7) is 7.27. The summed E-state index contributed by atoms with van der Waals surface area (Å²) in [5.41, 5.74) is 0. The zero-order valence-corrected chi connectivity index (χ0v) is 14.9. The number of ether oxygens (including phenoxy) is 1. The van der Waals surface area contributed by atoms with Crippen molar-refractivity contribution in [3.63, 3.8) is 0 Å². The molecule has 1 aliphatic rings. The molecule has 0 aromatic heterocycles. The fourth-order valence-corrected chi connectivity index (χ4v) is 2.68. The Morgan fingerprint density at radius 3 is 2.64 bits per heavy atom. The van der Waals surface area contributed by atoms with Crippen molar-refractivity contribution in [3.8, 4) is 0 Å². The van der Waals surface area contributed by atoms with Gasteiger partial charge in [-0.2, -0.15) is 0 Å². The van der Waals surface area contributed by atoms with Crippen molar-refractivity contribution < 1.29 is 4.74 Å². The predicted molar refractivity (Wildman–Crippen MR) is 93.6 cm³/mol. The highest BCUT2D eigenvalue weighted by molar-refractivity contribution is 5.79. The zero-order valence-electron chi connectivity index (χ0n) is 14.9. The van der Waals surface area contributed by atoms with Crippen LogP contribution in [0.2, 0.25) is 0 Å². The minimum atomic E-state index is 0.770. The number of likely N-dealkylation sites (tertiary alicyclic amines) is 1. The average Bonchev–Trinajstić information content (AvgIpc) is 2.52. The minimum Gasteiger partial charge on any atom is -0.385 e. The van der Waals surface area contributed by atoms with Gasteiger partial charge in [-0.3, -0.25) is 4.99 Å². The van der Waals surface area contributed by atoms with Crippen LogP contribution in [0.1, 0.15) is 19.3 Å². The molecule has 0 unspecified atom stereocenters. The van der Waals surface area contributed by atoms with Crippen LogP contribution in [-0.2, 0) is 4.74 Å². The van der Waals surface area contributed by atoms with Gasteiger partial charge in [0.25, 0.3) is 0 Å². The second-order valence-corrected chi connectivity index (χ2v) is 6.28. The third-order valence-corrected chi connectivity index (χ3v) is 4.29.